The summed E-state index contributed by atoms with van der Waals surface area (Å²) in [7, 11) is 0. The number of rotatable bonds is 78. The number of carbonyl (C=O) groups is 23. The van der Waals surface area contributed by atoms with E-state index in [4.69, 9.17) is 56.1 Å². The van der Waals surface area contributed by atoms with Crippen molar-refractivity contribution in [2.24, 2.45) is 45.9 Å². The summed E-state index contributed by atoms with van der Waals surface area (Å²) in [5, 5.41) is 109. The molecule has 0 aliphatic heterocycles. The van der Waals surface area contributed by atoms with Gasteiger partial charge in [-0.2, -0.15) is 0 Å². The molecule has 138 heavy (non-hydrogen) atoms. The lowest BCUT2D eigenvalue weighted by Gasteiger charge is -2.27. The van der Waals surface area contributed by atoms with Crippen LogP contribution >= 0.6 is 0 Å². The maximum Gasteiger partial charge on any atom is 0.328 e. The maximum atomic E-state index is 14.4. The molecule has 0 aromatic rings. The van der Waals surface area contributed by atoms with Gasteiger partial charge in [0.1, 0.15) is 72.5 Å². The smallest absolute Gasteiger partial charge is 0.328 e. The van der Waals surface area contributed by atoms with Crippen LogP contribution in [0.5, 0.6) is 0 Å². The van der Waals surface area contributed by atoms with Gasteiger partial charge in [-0.15, -0.1) is 0 Å². The Bertz CT molecular complexity index is 3900. The van der Waals surface area contributed by atoms with Gasteiger partial charge in [0.05, 0.1) is 105 Å². The molecule has 0 bridgehead atoms. The Balaban J connectivity index is 6.20. The summed E-state index contributed by atoms with van der Waals surface area (Å²) >= 11 is 0. The third-order valence-electron chi connectivity index (χ3n) is 19.8. The first kappa shape index (κ1) is 125. The second-order valence-electron chi connectivity index (χ2n) is 31.0. The van der Waals surface area contributed by atoms with E-state index in [1.54, 1.807) is 0 Å². The lowest BCUT2D eigenvalue weighted by atomic mass is 10.0. The lowest BCUT2D eigenvalue weighted by Crippen LogP contribution is -2.60. The molecule has 0 aliphatic rings. The van der Waals surface area contributed by atoms with Crippen LogP contribution in [0.1, 0.15) is 135 Å². The monoisotopic (exact) mass is 1980 g/mol. The molecule has 0 aromatic heterocycles. The number of aliphatic hydroxyl groups is 5. The highest BCUT2D eigenvalue weighted by Gasteiger charge is 2.37. The molecule has 0 rings (SSSR count). The van der Waals surface area contributed by atoms with E-state index in [0.717, 1.165) is 0 Å². The molecule has 0 heterocycles. The van der Waals surface area contributed by atoms with Gasteiger partial charge in [0, 0.05) is 0 Å². The summed E-state index contributed by atoms with van der Waals surface area (Å²) in [6.07, 6.45) is 3.12. The molecule has 0 saturated carbocycles. The number of nitrogens with one attached hydrogen (secondary N) is 22. The number of amides is 22. The molecule has 22 amide bonds. The van der Waals surface area contributed by atoms with Crippen LogP contribution in [0.15, 0.2) is 0 Å². The molecule has 0 fully saturated rings. The van der Waals surface area contributed by atoms with Gasteiger partial charge in [0.15, 0.2) is 0 Å². The summed E-state index contributed by atoms with van der Waals surface area (Å²) < 4.78 is 0. The van der Waals surface area contributed by atoms with Crippen molar-refractivity contribution in [3.63, 3.8) is 0 Å². The van der Waals surface area contributed by atoms with Crippen molar-refractivity contribution in [1.29, 1.82) is 0 Å². The van der Waals surface area contributed by atoms with E-state index in [2.05, 4.69) is 112 Å². The van der Waals surface area contributed by atoms with Gasteiger partial charge in [-0.3, -0.25) is 105 Å². The van der Waals surface area contributed by atoms with Crippen LogP contribution in [-0.4, -0.2) is 390 Å². The number of hydrogen-bond acceptors (Lipinski definition) is 36. The van der Waals surface area contributed by atoms with Gasteiger partial charge >= 0.3 is 5.97 Å². The Hall–Kier alpha value is -12.7. The van der Waals surface area contributed by atoms with Gasteiger partial charge in [-0.1, -0.05) is 0 Å². The van der Waals surface area contributed by atoms with Crippen LogP contribution in [0.2, 0.25) is 0 Å². The number of carbonyl (C=O) groups excluding carboxylic acids is 22. The number of aliphatic hydroxyl groups excluding tert-OH is 5. The van der Waals surface area contributed by atoms with Crippen molar-refractivity contribution in [2.75, 3.05) is 151 Å². The zero-order valence-electron chi connectivity index (χ0n) is 77.2. The Labute approximate surface area is 795 Å². The van der Waals surface area contributed by atoms with Crippen molar-refractivity contribution in [3.05, 3.63) is 0 Å². The highest BCUT2D eigenvalue weighted by Crippen LogP contribution is 2.13. The lowest BCUT2D eigenvalue weighted by molar-refractivity contribution is -0.143. The average Bonchev–Trinajstić information content (AvgIpc) is 0.859. The molecule has 784 valence electrons. The first-order valence-electron chi connectivity index (χ1n) is 45.0. The number of aliphatic carboxylic acids is 1. The summed E-state index contributed by atoms with van der Waals surface area (Å²) in [4.78, 5) is 300. The molecule has 44 N–H and O–H groups in total. The normalized spacial score (nSPS) is 13.4. The van der Waals surface area contributed by atoms with E-state index < -0.39 is 307 Å². The van der Waals surface area contributed by atoms with Crippen molar-refractivity contribution in [1.82, 2.24) is 117 Å². The molecular formula is C79H144N30O29. The minimum absolute atomic E-state index is 0.0849. The molecule has 0 aromatic carbocycles. The zero-order chi connectivity index (χ0) is 104. The van der Waals surface area contributed by atoms with E-state index in [-0.39, 0.29) is 142 Å². The zero-order valence-corrected chi connectivity index (χ0v) is 77.2. The van der Waals surface area contributed by atoms with Gasteiger partial charge in [0.2, 0.25) is 130 Å². The predicted molar refractivity (Wildman–Crippen MR) is 486 cm³/mol. The van der Waals surface area contributed by atoms with E-state index in [1.807, 2.05) is 5.32 Å². The summed E-state index contributed by atoms with van der Waals surface area (Å²) in [5.74, 6) is -22.8. The number of carboxylic acid groups (broad SMARTS) is 1. The maximum absolute atomic E-state index is 14.4. The largest absolute Gasteiger partial charge is 0.480 e. The van der Waals surface area contributed by atoms with Gasteiger partial charge in [0.25, 0.3) is 0 Å². The fraction of sp³-hybridized carbons (Fsp3) is 0.709. The van der Waals surface area contributed by atoms with Gasteiger partial charge < -0.3 is 193 Å². The fourth-order valence-corrected chi connectivity index (χ4v) is 12.0. The minimum Gasteiger partial charge on any atom is -0.480 e. The standard InChI is InChI=1S/C79H144N30O29/c80-22-8-1-15-45(70(128)101-46(16-2-9-23-81)71(129)104-50(20-6-13-27-85)75(133)108-52(40-110)68(126)96-35-63(121)91-31-59(117)90-33-61(119)95-39-67(125)100-56(44-114)79(137)138)102-73(131)48(18-4-11-25-83)106-78(136)55(43-113)99-66(124)38-94-62(120)34-92-64(122)36-97-69(127)53(41-111)109-76(134)51(21-7-14-28-86)105-72(130)47(17-3-10-24-82)103-74(132)49(19-5-12-26-84)107-77(135)54(42-112)98-65(123)37-93-60(118)32-89-58(116)30-88-57(115)29-87/h45-56,110-114H,1-44,80-87H2,(H,88,115)(H,89,116)(H,90,117)(H,91,121)(H,92,122)(H,93,118)(H,94,120)(H,95,119)(H,96,126)(H,97,127)(H,98,123)(H,99,124)(H,100,125)(H,101,128)(H,102,131)(H,103,132)(H,104,129)(H,105,130)(H,106,136)(H,107,135)(H,108,133)(H,109,134)(H,137,138)/t45-,46-,47-,48-,49-,50-,51-,52-,53-,54-,55-,56-/m0/s1. The van der Waals surface area contributed by atoms with Gasteiger partial charge in [-0.25, -0.2) is 4.79 Å². The van der Waals surface area contributed by atoms with E-state index in [9.17, 15) is 131 Å². The Kier molecular flexibility index (Phi) is 68.5. The van der Waals surface area contributed by atoms with E-state index in [1.165, 1.54) is 0 Å². The first-order valence-corrected chi connectivity index (χ1v) is 45.0. The second kappa shape index (κ2) is 75.4. The highest BCUT2D eigenvalue weighted by atomic mass is 16.4. The van der Waals surface area contributed by atoms with Crippen LogP contribution in [0.3, 0.4) is 0 Å². The first-order chi connectivity index (χ1) is 65.8. The molecule has 12 atom stereocenters. The predicted octanol–water partition coefficient (Wildman–Crippen LogP) is -20.1. The van der Waals surface area contributed by atoms with Crippen molar-refractivity contribution >= 4 is 136 Å². The van der Waals surface area contributed by atoms with Gasteiger partial charge in [-0.05, 0) is 181 Å². The van der Waals surface area contributed by atoms with Crippen LogP contribution in [0.25, 0.3) is 0 Å². The minimum atomic E-state index is -1.80. The fourth-order valence-electron chi connectivity index (χ4n) is 12.0. The summed E-state index contributed by atoms with van der Waals surface area (Å²) in [5.41, 5.74) is 45.3. The number of carboxylic acids is 1. The second-order valence-corrected chi connectivity index (χ2v) is 31.0. The van der Waals surface area contributed by atoms with Crippen LogP contribution < -0.4 is 163 Å². The van der Waals surface area contributed by atoms with E-state index >= 15 is 0 Å². The van der Waals surface area contributed by atoms with Crippen LogP contribution in [-0.2, 0) is 110 Å². The molecule has 0 unspecified atom stereocenters. The third kappa shape index (κ3) is 56.7. The number of unbranched alkanes of at least 4 members (excludes halogenated alkanes) is 7. The molecule has 59 heteroatoms. The SMILES string of the molecule is NCCCC[C@H](NC(=O)[C@H](CO)NC(=O)CNC(=O)CNC(=O)CNC(=O)CN)C(=O)N[C@@H](CCCCN)C(=O)N[C@@H](CCCCN)C(=O)N[C@@H](CO)C(=O)NCC(=O)NCC(=O)NCC(=O)N[C@@H](CO)C(=O)N[C@@H](CCCCN)C(=O)N[C@@H](CCCCN)C(=O)N[C@@H](CCCCN)C(=O)N[C@@H](CCCCN)C(=O)N[C@@H](CO)C(=O)NCC(=O)NCC(=O)NCC(=O)NCC(=O)N[C@@H](CO)C(=O)O. The van der Waals surface area contributed by atoms with Crippen LogP contribution in [0.4, 0.5) is 0 Å². The van der Waals surface area contributed by atoms with Crippen molar-refractivity contribution in [2.45, 2.75) is 207 Å². The topological polar surface area (TPSA) is 987 Å². The highest BCUT2D eigenvalue weighted by molar-refractivity contribution is 6.01. The number of hydrogen-bond donors (Lipinski definition) is 36. The molecule has 59 nitrogen and oxygen atoms in total. The van der Waals surface area contributed by atoms with Crippen molar-refractivity contribution < 1.29 is 141 Å². The molecular weight excluding hydrogens is 1830 g/mol. The number of nitrogens with two attached hydrogens (primary N) is 8. The Morgan fingerprint density at radius 2 is 0.312 bits per heavy atom. The summed E-state index contributed by atoms with van der Waals surface area (Å²) in [6.45, 7) is -11.9. The Morgan fingerprint density at radius 3 is 0.478 bits per heavy atom. The molecule has 0 radical (unpaired) electrons. The average molecular weight is 1980 g/mol. The van der Waals surface area contributed by atoms with Crippen LogP contribution in [0, 0.1) is 0 Å². The molecule has 0 saturated heterocycles. The van der Waals surface area contributed by atoms with E-state index in [0.29, 0.717) is 44.9 Å². The molecule has 0 aliphatic carbocycles. The Morgan fingerprint density at radius 1 is 0.167 bits per heavy atom. The summed E-state index contributed by atoms with van der Waals surface area (Å²) in [6, 6.07) is -18.9. The third-order valence-corrected chi connectivity index (χ3v) is 19.8. The molecule has 0 spiro atoms. The quantitative estimate of drug-likeness (QED) is 0.0251. The van der Waals surface area contributed by atoms with Crippen molar-refractivity contribution in [3.8, 4) is 0 Å².